The van der Waals surface area contributed by atoms with Gasteiger partial charge in [-0.25, -0.2) is 0 Å². The van der Waals surface area contributed by atoms with E-state index in [0.29, 0.717) is 24.3 Å². The summed E-state index contributed by atoms with van der Waals surface area (Å²) in [7, 11) is 0. The molecule has 0 saturated carbocycles. The van der Waals surface area contributed by atoms with E-state index in [9.17, 15) is 4.79 Å². The average molecular weight is 299 g/mol. The summed E-state index contributed by atoms with van der Waals surface area (Å²) in [5, 5.41) is 12.1. The van der Waals surface area contributed by atoms with Crippen LogP contribution in [0.15, 0.2) is 48.5 Å². The highest BCUT2D eigenvalue weighted by Gasteiger charge is 2.03. The molecular formula is C17H15ClN2O. The molecule has 0 fully saturated rings. The van der Waals surface area contributed by atoms with E-state index in [-0.39, 0.29) is 5.91 Å². The molecule has 0 aromatic heterocycles. The first-order chi connectivity index (χ1) is 10.2. The van der Waals surface area contributed by atoms with Crippen molar-refractivity contribution in [3.8, 4) is 6.07 Å². The first-order valence-electron chi connectivity index (χ1n) is 6.67. The lowest BCUT2D eigenvalue weighted by atomic mass is 10.1. The lowest BCUT2D eigenvalue weighted by Crippen LogP contribution is -2.12. The van der Waals surface area contributed by atoms with Crippen LogP contribution >= 0.6 is 11.6 Å². The Balaban J connectivity index is 1.84. The number of aryl methyl sites for hydroxylation is 1. The summed E-state index contributed by atoms with van der Waals surface area (Å²) in [6.07, 6.45) is 1.47. The van der Waals surface area contributed by atoms with Gasteiger partial charge in [0.2, 0.25) is 5.91 Å². The van der Waals surface area contributed by atoms with Crippen molar-refractivity contribution >= 4 is 23.2 Å². The van der Waals surface area contributed by atoms with Crippen molar-refractivity contribution in [1.82, 2.24) is 0 Å². The number of nitriles is 1. The second-order valence-corrected chi connectivity index (χ2v) is 5.14. The Hall–Kier alpha value is -2.31. The van der Waals surface area contributed by atoms with E-state index >= 15 is 0 Å². The molecule has 0 unspecified atom stereocenters. The minimum absolute atomic E-state index is 0.0296. The highest BCUT2D eigenvalue weighted by atomic mass is 35.5. The fourth-order valence-electron chi connectivity index (χ4n) is 1.93. The lowest BCUT2D eigenvalue weighted by Gasteiger charge is -2.06. The average Bonchev–Trinajstić information content (AvgIpc) is 2.49. The predicted molar refractivity (Wildman–Crippen MR) is 84.2 cm³/mol. The van der Waals surface area contributed by atoms with Gasteiger partial charge >= 0.3 is 0 Å². The molecule has 0 atom stereocenters. The van der Waals surface area contributed by atoms with E-state index in [1.165, 1.54) is 0 Å². The minimum Gasteiger partial charge on any atom is -0.326 e. The molecule has 21 heavy (non-hydrogen) atoms. The number of hydrogen-bond donors (Lipinski definition) is 1. The zero-order chi connectivity index (χ0) is 15.1. The number of carbonyl (C=O) groups is 1. The van der Waals surface area contributed by atoms with E-state index in [4.69, 9.17) is 16.9 Å². The van der Waals surface area contributed by atoms with Crippen molar-refractivity contribution in [3.05, 3.63) is 64.7 Å². The highest BCUT2D eigenvalue weighted by molar-refractivity contribution is 6.30. The van der Waals surface area contributed by atoms with Gasteiger partial charge in [0.1, 0.15) is 0 Å². The number of anilines is 1. The first kappa shape index (κ1) is 15.1. The van der Waals surface area contributed by atoms with E-state index in [1.54, 1.807) is 0 Å². The maximum Gasteiger partial charge on any atom is 0.224 e. The van der Waals surface area contributed by atoms with Gasteiger partial charge in [-0.15, -0.1) is 0 Å². The molecule has 2 aromatic carbocycles. The molecule has 3 nitrogen and oxygen atoms in total. The smallest absolute Gasteiger partial charge is 0.224 e. The van der Waals surface area contributed by atoms with Crippen LogP contribution in [0.1, 0.15) is 17.5 Å². The minimum atomic E-state index is -0.0296. The van der Waals surface area contributed by atoms with Crippen LogP contribution in [0.25, 0.3) is 0 Å². The number of halogens is 1. The molecule has 0 aliphatic rings. The standard InChI is InChI=1S/C17H15ClN2O/c18-15-6-1-13(2-7-15)5-10-17(21)20-16-8-3-14(4-9-16)11-12-19/h1-4,6-9H,5,10-11H2,(H,20,21). The molecule has 0 spiro atoms. The molecular weight excluding hydrogens is 284 g/mol. The summed E-state index contributed by atoms with van der Waals surface area (Å²) < 4.78 is 0. The SMILES string of the molecule is N#CCc1ccc(NC(=O)CCc2ccc(Cl)cc2)cc1. The first-order valence-corrected chi connectivity index (χ1v) is 7.05. The van der Waals surface area contributed by atoms with Crippen LogP contribution < -0.4 is 5.32 Å². The predicted octanol–water partition coefficient (Wildman–Crippen LogP) is 3.98. The molecule has 0 aliphatic carbocycles. The number of hydrogen-bond acceptors (Lipinski definition) is 2. The molecule has 0 radical (unpaired) electrons. The molecule has 0 aliphatic heterocycles. The van der Waals surface area contributed by atoms with Gasteiger partial charge in [0.05, 0.1) is 12.5 Å². The van der Waals surface area contributed by atoms with Gasteiger partial charge in [0.15, 0.2) is 0 Å². The molecule has 1 N–H and O–H groups in total. The fraction of sp³-hybridized carbons (Fsp3) is 0.176. The van der Waals surface area contributed by atoms with Crippen molar-refractivity contribution < 1.29 is 4.79 Å². The van der Waals surface area contributed by atoms with Crippen molar-refractivity contribution in [2.45, 2.75) is 19.3 Å². The Morgan fingerprint density at radius 1 is 1.05 bits per heavy atom. The Bertz CT molecular complexity index is 642. The van der Waals surface area contributed by atoms with E-state index in [0.717, 1.165) is 16.8 Å². The monoisotopic (exact) mass is 298 g/mol. The molecule has 2 aromatic rings. The Labute approximate surface area is 129 Å². The normalized spacial score (nSPS) is 9.90. The quantitative estimate of drug-likeness (QED) is 0.908. The number of nitrogens with one attached hydrogen (secondary N) is 1. The molecule has 0 heterocycles. The molecule has 106 valence electrons. The summed E-state index contributed by atoms with van der Waals surface area (Å²) in [5.41, 5.74) is 2.77. The van der Waals surface area contributed by atoms with E-state index < -0.39 is 0 Å². The van der Waals surface area contributed by atoms with Gasteiger partial charge in [-0.05, 0) is 41.8 Å². The van der Waals surface area contributed by atoms with Crippen LogP contribution in [0.4, 0.5) is 5.69 Å². The van der Waals surface area contributed by atoms with Gasteiger partial charge < -0.3 is 5.32 Å². The molecule has 1 amide bonds. The second kappa shape index (κ2) is 7.47. The summed E-state index contributed by atoms with van der Waals surface area (Å²) >= 11 is 5.82. The lowest BCUT2D eigenvalue weighted by molar-refractivity contribution is -0.116. The third kappa shape index (κ3) is 4.94. The van der Waals surface area contributed by atoms with Gasteiger partial charge in [-0.3, -0.25) is 4.79 Å². The maximum absolute atomic E-state index is 11.9. The summed E-state index contributed by atoms with van der Waals surface area (Å²) in [6, 6.07) is 16.9. The second-order valence-electron chi connectivity index (χ2n) is 4.71. The summed E-state index contributed by atoms with van der Waals surface area (Å²) in [4.78, 5) is 11.9. The fourth-order valence-corrected chi connectivity index (χ4v) is 2.06. The van der Waals surface area contributed by atoms with Crippen molar-refractivity contribution in [2.24, 2.45) is 0 Å². The van der Waals surface area contributed by atoms with Crippen LogP contribution in [0, 0.1) is 11.3 Å². The molecule has 4 heteroatoms. The van der Waals surface area contributed by atoms with Crippen LogP contribution in [-0.2, 0) is 17.6 Å². The topological polar surface area (TPSA) is 52.9 Å². The largest absolute Gasteiger partial charge is 0.326 e. The van der Waals surface area contributed by atoms with Crippen molar-refractivity contribution in [2.75, 3.05) is 5.32 Å². The number of benzene rings is 2. The third-order valence-electron chi connectivity index (χ3n) is 3.07. The number of nitrogens with zero attached hydrogens (tertiary/aromatic N) is 1. The Kier molecular flexibility index (Phi) is 5.36. The zero-order valence-electron chi connectivity index (χ0n) is 11.5. The molecule has 0 saturated heterocycles. The zero-order valence-corrected chi connectivity index (χ0v) is 12.2. The summed E-state index contributed by atoms with van der Waals surface area (Å²) in [5.74, 6) is -0.0296. The Morgan fingerprint density at radius 2 is 1.67 bits per heavy atom. The highest BCUT2D eigenvalue weighted by Crippen LogP contribution is 2.13. The number of carbonyl (C=O) groups excluding carboxylic acids is 1. The maximum atomic E-state index is 11.9. The molecule has 2 rings (SSSR count). The van der Waals surface area contributed by atoms with E-state index in [2.05, 4.69) is 11.4 Å². The van der Waals surface area contributed by atoms with Gasteiger partial charge in [-0.1, -0.05) is 35.9 Å². The van der Waals surface area contributed by atoms with Crippen molar-refractivity contribution in [1.29, 1.82) is 5.26 Å². The third-order valence-corrected chi connectivity index (χ3v) is 3.33. The van der Waals surface area contributed by atoms with Crippen LogP contribution in [0.5, 0.6) is 0 Å². The number of rotatable bonds is 5. The Morgan fingerprint density at radius 3 is 2.29 bits per heavy atom. The van der Waals surface area contributed by atoms with Gasteiger partial charge in [-0.2, -0.15) is 5.26 Å². The number of amides is 1. The molecule has 0 bridgehead atoms. The van der Waals surface area contributed by atoms with Gasteiger partial charge in [0.25, 0.3) is 0 Å². The van der Waals surface area contributed by atoms with Crippen molar-refractivity contribution in [3.63, 3.8) is 0 Å². The van der Waals surface area contributed by atoms with Crippen LogP contribution in [-0.4, -0.2) is 5.91 Å². The van der Waals surface area contributed by atoms with Crippen LogP contribution in [0.3, 0.4) is 0 Å². The summed E-state index contributed by atoms with van der Waals surface area (Å²) in [6.45, 7) is 0. The van der Waals surface area contributed by atoms with Gasteiger partial charge in [0, 0.05) is 17.1 Å². The van der Waals surface area contributed by atoms with E-state index in [1.807, 2.05) is 48.5 Å². The van der Waals surface area contributed by atoms with Crippen LogP contribution in [0.2, 0.25) is 5.02 Å².